The van der Waals surface area contributed by atoms with Crippen LogP contribution in [-0.2, 0) is 16.0 Å². The van der Waals surface area contributed by atoms with Crippen molar-refractivity contribution in [1.29, 1.82) is 0 Å². The smallest absolute Gasteiger partial charge is 0.326 e. The molecule has 0 aliphatic heterocycles. The number of H-pyrrole nitrogens is 1. The standard InChI is InChI=1S/C9H14N4O3S/c10-2-1-7(14)13-6(9(15)16)3-5-8(17)12-4-11-5/h4,6,17H,1-3,10H2,(H,11,12)(H,13,14)(H,15,16)/t6-/m0/s1. The van der Waals surface area contributed by atoms with Gasteiger partial charge in [-0.25, -0.2) is 9.78 Å². The van der Waals surface area contributed by atoms with Crippen LogP contribution in [0.1, 0.15) is 12.1 Å². The number of nitrogens with two attached hydrogens (primary N) is 1. The zero-order valence-electron chi connectivity index (χ0n) is 9.01. The van der Waals surface area contributed by atoms with Gasteiger partial charge in [-0.15, -0.1) is 12.6 Å². The number of hydrogen-bond acceptors (Lipinski definition) is 5. The first-order valence-electron chi connectivity index (χ1n) is 4.98. The van der Waals surface area contributed by atoms with Crippen LogP contribution < -0.4 is 11.1 Å². The van der Waals surface area contributed by atoms with Crippen molar-refractivity contribution < 1.29 is 14.7 Å². The highest BCUT2D eigenvalue weighted by Crippen LogP contribution is 2.10. The van der Waals surface area contributed by atoms with Gasteiger partial charge in [-0.2, -0.15) is 0 Å². The molecule has 0 aromatic carbocycles. The van der Waals surface area contributed by atoms with E-state index >= 15 is 0 Å². The summed E-state index contributed by atoms with van der Waals surface area (Å²) in [5.41, 5.74) is 5.77. The van der Waals surface area contributed by atoms with E-state index in [0.29, 0.717) is 10.7 Å². The first kappa shape index (κ1) is 13.5. The van der Waals surface area contributed by atoms with E-state index in [1.54, 1.807) is 0 Å². The van der Waals surface area contributed by atoms with Crippen LogP contribution in [-0.4, -0.2) is 39.5 Å². The third-order valence-electron chi connectivity index (χ3n) is 2.11. The van der Waals surface area contributed by atoms with E-state index in [1.165, 1.54) is 6.33 Å². The molecule has 0 unspecified atom stereocenters. The molecule has 17 heavy (non-hydrogen) atoms. The Balaban J connectivity index is 2.64. The number of amides is 1. The van der Waals surface area contributed by atoms with Crippen LogP contribution >= 0.6 is 12.6 Å². The van der Waals surface area contributed by atoms with Gasteiger partial charge in [0.1, 0.15) is 11.1 Å². The second kappa shape index (κ2) is 6.26. The Kier molecular flexibility index (Phi) is 4.98. The van der Waals surface area contributed by atoms with Crippen molar-refractivity contribution in [2.45, 2.75) is 23.9 Å². The predicted octanol–water partition coefficient (Wildman–Crippen LogP) is -0.841. The first-order valence-corrected chi connectivity index (χ1v) is 5.42. The molecule has 7 nitrogen and oxygen atoms in total. The highest BCUT2D eigenvalue weighted by molar-refractivity contribution is 7.80. The van der Waals surface area contributed by atoms with Gasteiger partial charge in [0.15, 0.2) is 0 Å². The number of carbonyl (C=O) groups is 2. The second-order valence-corrected chi connectivity index (χ2v) is 3.83. The molecule has 0 bridgehead atoms. The van der Waals surface area contributed by atoms with Gasteiger partial charge >= 0.3 is 5.97 Å². The number of rotatable bonds is 6. The number of nitrogens with zero attached hydrogens (tertiary/aromatic N) is 1. The van der Waals surface area contributed by atoms with Gasteiger partial charge in [0.05, 0.1) is 12.0 Å². The molecule has 0 aliphatic rings. The fourth-order valence-corrected chi connectivity index (χ4v) is 1.48. The van der Waals surface area contributed by atoms with E-state index in [2.05, 4.69) is 27.9 Å². The van der Waals surface area contributed by atoms with Gasteiger partial charge in [-0.05, 0) is 0 Å². The molecule has 1 aromatic rings. The highest BCUT2D eigenvalue weighted by Gasteiger charge is 2.21. The molecule has 0 aliphatic carbocycles. The lowest BCUT2D eigenvalue weighted by molar-refractivity contribution is -0.141. The Bertz CT molecular complexity index is 407. The minimum Gasteiger partial charge on any atom is -0.480 e. The van der Waals surface area contributed by atoms with Crippen molar-refractivity contribution in [1.82, 2.24) is 15.3 Å². The second-order valence-electron chi connectivity index (χ2n) is 3.41. The summed E-state index contributed by atoms with van der Waals surface area (Å²) < 4.78 is 0. The summed E-state index contributed by atoms with van der Waals surface area (Å²) in [6.45, 7) is 0.181. The zero-order chi connectivity index (χ0) is 12.8. The van der Waals surface area contributed by atoms with Crippen molar-refractivity contribution in [3.8, 4) is 0 Å². The van der Waals surface area contributed by atoms with Gasteiger partial charge in [0.25, 0.3) is 0 Å². The first-order chi connectivity index (χ1) is 8.04. The van der Waals surface area contributed by atoms with Gasteiger partial charge in [0, 0.05) is 19.4 Å². The maximum absolute atomic E-state index is 11.3. The van der Waals surface area contributed by atoms with Crippen LogP contribution in [0.3, 0.4) is 0 Å². The van der Waals surface area contributed by atoms with E-state index in [4.69, 9.17) is 10.8 Å². The minimum atomic E-state index is -1.11. The van der Waals surface area contributed by atoms with Crippen molar-refractivity contribution in [2.24, 2.45) is 5.73 Å². The number of imidazole rings is 1. The van der Waals surface area contributed by atoms with Crippen LogP contribution in [0.25, 0.3) is 0 Å². The Morgan fingerprint density at radius 3 is 2.82 bits per heavy atom. The van der Waals surface area contributed by atoms with Crippen molar-refractivity contribution >= 4 is 24.5 Å². The van der Waals surface area contributed by atoms with Gasteiger partial charge < -0.3 is 21.1 Å². The number of aliphatic carboxylic acids is 1. The zero-order valence-corrected chi connectivity index (χ0v) is 9.91. The summed E-state index contributed by atoms with van der Waals surface area (Å²) in [5, 5.41) is 11.8. The molecule has 0 saturated carbocycles. The van der Waals surface area contributed by atoms with Crippen LogP contribution in [0.5, 0.6) is 0 Å². The molecule has 8 heteroatoms. The Morgan fingerprint density at radius 2 is 2.35 bits per heavy atom. The van der Waals surface area contributed by atoms with E-state index in [9.17, 15) is 9.59 Å². The summed E-state index contributed by atoms with van der Waals surface area (Å²) in [6.07, 6.45) is 1.61. The number of aromatic amines is 1. The average Bonchev–Trinajstić information content (AvgIpc) is 2.63. The molecule has 1 rings (SSSR count). The number of carboxylic acids is 1. The molecule has 5 N–H and O–H groups in total. The third kappa shape index (κ3) is 4.08. The number of carbonyl (C=O) groups excluding carboxylic acids is 1. The maximum Gasteiger partial charge on any atom is 0.326 e. The summed E-state index contributed by atoms with van der Waals surface area (Å²) in [6, 6.07) is -1.01. The predicted molar refractivity (Wildman–Crippen MR) is 62.8 cm³/mol. The monoisotopic (exact) mass is 258 g/mol. The van der Waals surface area contributed by atoms with Crippen LogP contribution in [0.15, 0.2) is 11.4 Å². The lowest BCUT2D eigenvalue weighted by atomic mass is 10.1. The van der Waals surface area contributed by atoms with Crippen LogP contribution in [0.2, 0.25) is 0 Å². The van der Waals surface area contributed by atoms with E-state index in [1.807, 2.05) is 0 Å². The lowest BCUT2D eigenvalue weighted by Crippen LogP contribution is -2.43. The molecule has 94 valence electrons. The lowest BCUT2D eigenvalue weighted by Gasteiger charge is -2.13. The van der Waals surface area contributed by atoms with Crippen molar-refractivity contribution in [3.05, 3.63) is 12.0 Å². The number of nitrogens with one attached hydrogen (secondary N) is 2. The van der Waals surface area contributed by atoms with E-state index in [-0.39, 0.29) is 25.3 Å². The molecule has 0 radical (unpaired) electrons. The topological polar surface area (TPSA) is 121 Å². The van der Waals surface area contributed by atoms with Crippen molar-refractivity contribution in [2.75, 3.05) is 6.54 Å². The third-order valence-corrected chi connectivity index (χ3v) is 2.49. The van der Waals surface area contributed by atoms with E-state index < -0.39 is 12.0 Å². The summed E-state index contributed by atoms with van der Waals surface area (Å²) >= 11 is 4.06. The molecule has 1 amide bonds. The fraction of sp³-hybridized carbons (Fsp3) is 0.444. The minimum absolute atomic E-state index is 0.0977. The maximum atomic E-state index is 11.3. The number of aromatic nitrogens is 2. The normalized spacial score (nSPS) is 12.1. The molecule has 0 spiro atoms. The quantitative estimate of drug-likeness (QED) is 0.426. The molecular formula is C9H14N4O3S. The van der Waals surface area contributed by atoms with Gasteiger partial charge in [0.2, 0.25) is 5.91 Å². The fourth-order valence-electron chi connectivity index (χ4n) is 1.27. The Hall–Kier alpha value is -1.54. The highest BCUT2D eigenvalue weighted by atomic mass is 32.1. The van der Waals surface area contributed by atoms with Crippen molar-refractivity contribution in [3.63, 3.8) is 0 Å². The SMILES string of the molecule is NCCC(=O)N[C@@H](Cc1[nH]cnc1S)C(=O)O. The van der Waals surface area contributed by atoms with E-state index in [0.717, 1.165) is 0 Å². The van der Waals surface area contributed by atoms with Gasteiger partial charge in [-0.1, -0.05) is 0 Å². The Labute approximate surface area is 103 Å². The summed E-state index contributed by atoms with van der Waals surface area (Å²) in [4.78, 5) is 28.8. The molecular weight excluding hydrogens is 244 g/mol. The molecule has 0 saturated heterocycles. The molecule has 1 heterocycles. The molecule has 1 aromatic heterocycles. The summed E-state index contributed by atoms with van der Waals surface area (Å²) in [5.74, 6) is -1.50. The average molecular weight is 258 g/mol. The molecule has 1 atom stereocenters. The molecule has 0 fully saturated rings. The van der Waals surface area contributed by atoms with Crippen LogP contribution in [0, 0.1) is 0 Å². The largest absolute Gasteiger partial charge is 0.480 e. The summed E-state index contributed by atoms with van der Waals surface area (Å²) in [7, 11) is 0. The number of carboxylic acid groups (broad SMARTS) is 1. The number of thiol groups is 1. The van der Waals surface area contributed by atoms with Crippen LogP contribution in [0.4, 0.5) is 0 Å². The number of hydrogen-bond donors (Lipinski definition) is 5. The van der Waals surface area contributed by atoms with Gasteiger partial charge in [-0.3, -0.25) is 4.79 Å². The Morgan fingerprint density at radius 1 is 1.65 bits per heavy atom.